The van der Waals surface area contributed by atoms with Gasteiger partial charge in [0.1, 0.15) is 5.82 Å². The number of hydrogen-bond donors (Lipinski definition) is 0. The highest BCUT2D eigenvalue weighted by Crippen LogP contribution is 2.28. The fourth-order valence-corrected chi connectivity index (χ4v) is 6.46. The number of sulfonamides is 1. The maximum atomic E-state index is 14.1. The lowest BCUT2D eigenvalue weighted by Gasteiger charge is -2.39. The van der Waals surface area contributed by atoms with Crippen molar-refractivity contribution in [3.63, 3.8) is 0 Å². The number of carbonyl (C=O) groups is 1. The summed E-state index contributed by atoms with van der Waals surface area (Å²) in [6, 6.07) is 11.0. The first-order chi connectivity index (χ1) is 16.8. The first-order valence-electron chi connectivity index (χ1n) is 11.6. The standard InChI is InChI=1S/C24H27FN4O5S/c1-26-21-9-8-18(15-22(21)34-24(26)31)35(32,33)29-10-4-5-17(16-29)23(30)28-13-11-27(12-14-28)20-7-3-2-6-19(20)25/h2-3,6-9,15,17H,4-5,10-14,16H2,1H3/t17-/m0/s1. The lowest BCUT2D eigenvalue weighted by molar-refractivity contribution is -0.137. The summed E-state index contributed by atoms with van der Waals surface area (Å²) in [5.41, 5.74) is 1.24. The molecule has 0 N–H and O–H groups in total. The number of piperazine rings is 1. The van der Waals surface area contributed by atoms with E-state index in [2.05, 4.69) is 0 Å². The number of aryl methyl sites for hydroxylation is 1. The zero-order valence-corrected chi connectivity index (χ0v) is 20.2. The SMILES string of the molecule is Cn1c(=O)oc2cc(S(=O)(=O)N3CCC[C@H](C(=O)N4CCN(c5ccccc5F)CC4)C3)ccc21. The van der Waals surface area contributed by atoms with Crippen molar-refractivity contribution in [1.82, 2.24) is 13.8 Å². The summed E-state index contributed by atoms with van der Waals surface area (Å²) in [4.78, 5) is 28.7. The number of rotatable bonds is 4. The van der Waals surface area contributed by atoms with Crippen molar-refractivity contribution < 1.29 is 22.0 Å². The molecule has 0 bridgehead atoms. The number of amides is 1. The Morgan fingerprint density at radius 2 is 1.80 bits per heavy atom. The number of hydrogen-bond acceptors (Lipinski definition) is 6. The Hall–Kier alpha value is -3.18. The molecule has 1 amide bonds. The van der Waals surface area contributed by atoms with Gasteiger partial charge in [0.05, 0.1) is 22.0 Å². The molecule has 2 fully saturated rings. The van der Waals surface area contributed by atoms with Crippen molar-refractivity contribution in [2.24, 2.45) is 13.0 Å². The summed E-state index contributed by atoms with van der Waals surface area (Å²) in [6.45, 7) is 2.38. The predicted octanol–water partition coefficient (Wildman–Crippen LogP) is 2.02. The van der Waals surface area contributed by atoms with Crippen LogP contribution in [0.4, 0.5) is 10.1 Å². The van der Waals surface area contributed by atoms with Crippen LogP contribution in [0.15, 0.2) is 56.6 Å². The number of piperidine rings is 1. The number of aromatic nitrogens is 1. The smallest absolute Gasteiger partial charge is 0.408 e. The molecule has 0 aliphatic carbocycles. The number of carbonyl (C=O) groups excluding carboxylic acids is 1. The van der Waals surface area contributed by atoms with Crippen LogP contribution >= 0.6 is 0 Å². The maximum Gasteiger partial charge on any atom is 0.419 e. The normalized spacial score (nSPS) is 19.9. The summed E-state index contributed by atoms with van der Waals surface area (Å²) < 4.78 is 48.6. The lowest BCUT2D eigenvalue weighted by Crippen LogP contribution is -2.53. The Balaban J connectivity index is 1.27. The van der Waals surface area contributed by atoms with Gasteiger partial charge in [-0.25, -0.2) is 17.6 Å². The highest BCUT2D eigenvalue weighted by atomic mass is 32.2. The van der Waals surface area contributed by atoms with Gasteiger partial charge in [-0.3, -0.25) is 9.36 Å². The van der Waals surface area contributed by atoms with Crippen molar-refractivity contribution >= 4 is 32.7 Å². The van der Waals surface area contributed by atoms with E-state index in [-0.39, 0.29) is 28.7 Å². The van der Waals surface area contributed by atoms with Crippen molar-refractivity contribution in [2.45, 2.75) is 17.7 Å². The molecule has 1 atom stereocenters. The molecule has 35 heavy (non-hydrogen) atoms. The molecular weight excluding hydrogens is 475 g/mol. The van der Waals surface area contributed by atoms with Gasteiger partial charge in [0.25, 0.3) is 0 Å². The second-order valence-electron chi connectivity index (χ2n) is 9.02. The number of anilines is 1. The third-order valence-electron chi connectivity index (χ3n) is 6.92. The van der Waals surface area contributed by atoms with Crippen LogP contribution in [0, 0.1) is 11.7 Å². The minimum Gasteiger partial charge on any atom is -0.408 e. The highest BCUT2D eigenvalue weighted by molar-refractivity contribution is 7.89. The molecule has 5 rings (SSSR count). The Bertz CT molecular complexity index is 1430. The van der Waals surface area contributed by atoms with Gasteiger partial charge in [-0.2, -0.15) is 4.31 Å². The lowest BCUT2D eigenvalue weighted by atomic mass is 9.97. The minimum absolute atomic E-state index is 0.0333. The van der Waals surface area contributed by atoms with Gasteiger partial charge in [0, 0.05) is 52.4 Å². The molecule has 0 radical (unpaired) electrons. The van der Waals surface area contributed by atoms with E-state index < -0.39 is 21.7 Å². The van der Waals surface area contributed by atoms with Crippen LogP contribution in [0.1, 0.15) is 12.8 Å². The molecule has 9 nitrogen and oxygen atoms in total. The summed E-state index contributed by atoms with van der Waals surface area (Å²) in [5.74, 6) is -1.35. The van der Waals surface area contributed by atoms with Crippen LogP contribution in [0.3, 0.4) is 0 Å². The first-order valence-corrected chi connectivity index (χ1v) is 13.1. The zero-order valence-electron chi connectivity index (χ0n) is 19.4. The zero-order chi connectivity index (χ0) is 24.7. The van der Waals surface area contributed by atoms with Gasteiger partial charge in [0.15, 0.2) is 5.58 Å². The van der Waals surface area contributed by atoms with Crippen molar-refractivity contribution in [3.8, 4) is 0 Å². The number of oxazole rings is 1. The summed E-state index contributed by atoms with van der Waals surface area (Å²) in [6.07, 6.45) is 1.19. The fraction of sp³-hybridized carbons (Fsp3) is 0.417. The van der Waals surface area contributed by atoms with E-state index in [4.69, 9.17) is 4.42 Å². The van der Waals surface area contributed by atoms with Crippen LogP contribution in [0.5, 0.6) is 0 Å². The largest absolute Gasteiger partial charge is 0.419 e. The molecule has 3 heterocycles. The van der Waals surface area contributed by atoms with E-state index in [9.17, 15) is 22.4 Å². The van der Waals surface area contributed by atoms with E-state index in [1.807, 2.05) is 4.90 Å². The quantitative estimate of drug-likeness (QED) is 0.542. The molecule has 3 aromatic rings. The molecule has 0 saturated carbocycles. The molecular formula is C24H27FN4O5S. The minimum atomic E-state index is -3.86. The molecule has 0 spiro atoms. The number of halogens is 1. The third kappa shape index (κ3) is 4.34. The summed E-state index contributed by atoms with van der Waals surface area (Å²) >= 11 is 0. The number of para-hydroxylation sites is 1. The molecule has 2 aliphatic rings. The molecule has 186 valence electrons. The van der Waals surface area contributed by atoms with Crippen molar-refractivity contribution in [3.05, 3.63) is 58.8 Å². The average Bonchev–Trinajstić information content (AvgIpc) is 3.16. The summed E-state index contributed by atoms with van der Waals surface area (Å²) in [5, 5.41) is 0. The first kappa shape index (κ1) is 23.6. The van der Waals surface area contributed by atoms with E-state index in [0.717, 1.165) is 0 Å². The van der Waals surface area contributed by atoms with E-state index in [1.54, 1.807) is 36.2 Å². The van der Waals surface area contributed by atoms with Crippen LogP contribution < -0.4 is 10.7 Å². The molecule has 1 aromatic heterocycles. The van der Waals surface area contributed by atoms with Gasteiger partial charge < -0.3 is 14.2 Å². The Morgan fingerprint density at radius 1 is 1.06 bits per heavy atom. The highest BCUT2D eigenvalue weighted by Gasteiger charge is 2.36. The number of nitrogens with zero attached hydrogens (tertiary/aromatic N) is 4. The van der Waals surface area contributed by atoms with Gasteiger partial charge in [-0.15, -0.1) is 0 Å². The average molecular weight is 503 g/mol. The summed E-state index contributed by atoms with van der Waals surface area (Å²) in [7, 11) is -2.31. The topological polar surface area (TPSA) is 96.1 Å². The van der Waals surface area contributed by atoms with Crippen LogP contribution in [0.25, 0.3) is 11.1 Å². The molecule has 2 aliphatic heterocycles. The van der Waals surface area contributed by atoms with Crippen LogP contribution in [0.2, 0.25) is 0 Å². The Kier molecular flexibility index (Phi) is 6.14. The van der Waals surface area contributed by atoms with E-state index in [0.29, 0.717) is 56.8 Å². The second kappa shape index (κ2) is 9.12. The Labute approximate surface area is 202 Å². The maximum absolute atomic E-state index is 14.1. The second-order valence-corrected chi connectivity index (χ2v) is 11.0. The van der Waals surface area contributed by atoms with E-state index in [1.165, 1.54) is 27.1 Å². The van der Waals surface area contributed by atoms with E-state index >= 15 is 0 Å². The van der Waals surface area contributed by atoms with Gasteiger partial charge >= 0.3 is 5.76 Å². The van der Waals surface area contributed by atoms with Crippen LogP contribution in [-0.2, 0) is 21.9 Å². The monoisotopic (exact) mass is 502 g/mol. The van der Waals surface area contributed by atoms with Crippen LogP contribution in [-0.4, -0.2) is 67.4 Å². The Morgan fingerprint density at radius 3 is 2.54 bits per heavy atom. The molecule has 11 heteroatoms. The van der Waals surface area contributed by atoms with Crippen molar-refractivity contribution in [2.75, 3.05) is 44.2 Å². The van der Waals surface area contributed by atoms with Crippen molar-refractivity contribution in [1.29, 1.82) is 0 Å². The predicted molar refractivity (Wildman–Crippen MR) is 128 cm³/mol. The number of fused-ring (bicyclic) bond motifs is 1. The van der Waals surface area contributed by atoms with Gasteiger partial charge in [0.2, 0.25) is 15.9 Å². The number of benzene rings is 2. The van der Waals surface area contributed by atoms with Gasteiger partial charge in [-0.05, 0) is 37.1 Å². The van der Waals surface area contributed by atoms with Gasteiger partial charge in [-0.1, -0.05) is 12.1 Å². The molecule has 0 unspecified atom stereocenters. The molecule has 2 aromatic carbocycles. The fourth-order valence-electron chi connectivity index (χ4n) is 4.92. The molecule has 2 saturated heterocycles. The third-order valence-corrected chi connectivity index (χ3v) is 8.78.